The summed E-state index contributed by atoms with van der Waals surface area (Å²) >= 11 is 5.84. The van der Waals surface area contributed by atoms with E-state index in [0.717, 1.165) is 5.56 Å². The highest BCUT2D eigenvalue weighted by molar-refractivity contribution is 7.57. The molecule has 0 aromatic heterocycles. The molecule has 8 heteroatoms. The van der Waals surface area contributed by atoms with E-state index in [0.29, 0.717) is 28.6 Å². The van der Waals surface area contributed by atoms with Crippen LogP contribution in [-0.2, 0) is 17.3 Å². The maximum atomic E-state index is 12.5. The molecule has 2 rings (SSSR count). The van der Waals surface area contributed by atoms with Crippen molar-refractivity contribution in [3.05, 3.63) is 58.6 Å². The van der Waals surface area contributed by atoms with Gasteiger partial charge in [-0.1, -0.05) is 29.8 Å². The molecule has 0 aliphatic carbocycles. The van der Waals surface area contributed by atoms with Gasteiger partial charge in [-0.05, 0) is 35.4 Å². The Kier molecular flexibility index (Phi) is 8.14. The normalized spacial score (nSPS) is 14.4. The maximum absolute atomic E-state index is 12.5. The number of nitrogens with one attached hydrogen (secondary N) is 1. The van der Waals surface area contributed by atoms with Gasteiger partial charge in [-0.25, -0.2) is 0 Å². The lowest BCUT2D eigenvalue weighted by Crippen LogP contribution is -2.29. The van der Waals surface area contributed by atoms with E-state index in [-0.39, 0.29) is 18.9 Å². The first kappa shape index (κ1) is 21.7. The SMILES string of the molecule is COc1ccc(CP(=O)(O)C[C@@H](O)CNCc2ccc(Cl)cc2)cc1OC. The Balaban J connectivity index is 1.85. The summed E-state index contributed by atoms with van der Waals surface area (Å²) in [4.78, 5) is 10.3. The third kappa shape index (κ3) is 7.17. The molecule has 0 saturated heterocycles. The molecule has 148 valence electrons. The van der Waals surface area contributed by atoms with Gasteiger partial charge in [-0.2, -0.15) is 0 Å². The highest BCUT2D eigenvalue weighted by Crippen LogP contribution is 2.46. The van der Waals surface area contributed by atoms with Gasteiger partial charge >= 0.3 is 0 Å². The largest absolute Gasteiger partial charge is 0.493 e. The zero-order chi connectivity index (χ0) is 19.9. The summed E-state index contributed by atoms with van der Waals surface area (Å²) in [6, 6.07) is 12.4. The minimum Gasteiger partial charge on any atom is -0.493 e. The van der Waals surface area contributed by atoms with Crippen molar-refractivity contribution < 1.29 is 24.0 Å². The molecule has 0 saturated carbocycles. The van der Waals surface area contributed by atoms with Crippen molar-refractivity contribution >= 4 is 19.0 Å². The Hall–Kier alpha value is -1.56. The minimum absolute atomic E-state index is 0.0401. The predicted octanol–water partition coefficient (Wildman–Crippen LogP) is 3.28. The summed E-state index contributed by atoms with van der Waals surface area (Å²) in [5.41, 5.74) is 1.67. The second kappa shape index (κ2) is 10.1. The lowest BCUT2D eigenvalue weighted by molar-refractivity contribution is 0.190. The Bertz CT molecular complexity index is 784. The van der Waals surface area contributed by atoms with Crippen LogP contribution in [0.4, 0.5) is 0 Å². The van der Waals surface area contributed by atoms with Crippen molar-refractivity contribution in [1.82, 2.24) is 5.32 Å². The fourth-order valence-electron chi connectivity index (χ4n) is 2.71. The molecule has 2 atom stereocenters. The van der Waals surface area contributed by atoms with E-state index in [4.69, 9.17) is 21.1 Å². The van der Waals surface area contributed by atoms with Crippen LogP contribution < -0.4 is 14.8 Å². The number of benzene rings is 2. The number of halogens is 1. The molecule has 2 aromatic rings. The Morgan fingerprint density at radius 3 is 2.33 bits per heavy atom. The molecule has 0 radical (unpaired) electrons. The van der Waals surface area contributed by atoms with E-state index in [1.165, 1.54) is 14.2 Å². The zero-order valence-electron chi connectivity index (χ0n) is 15.4. The number of methoxy groups -OCH3 is 2. The molecule has 0 aliphatic heterocycles. The Labute approximate surface area is 164 Å². The highest BCUT2D eigenvalue weighted by Gasteiger charge is 2.24. The summed E-state index contributed by atoms with van der Waals surface area (Å²) in [5.74, 6) is 1.06. The van der Waals surface area contributed by atoms with Gasteiger partial charge in [-0.3, -0.25) is 4.57 Å². The number of aliphatic hydroxyl groups excluding tert-OH is 1. The van der Waals surface area contributed by atoms with E-state index >= 15 is 0 Å². The van der Waals surface area contributed by atoms with E-state index in [1.807, 2.05) is 12.1 Å². The van der Waals surface area contributed by atoms with Crippen LogP contribution in [0.1, 0.15) is 11.1 Å². The zero-order valence-corrected chi connectivity index (χ0v) is 17.0. The average Bonchev–Trinajstić information content (AvgIpc) is 2.62. The number of rotatable bonds is 10. The molecule has 0 heterocycles. The molecule has 0 amide bonds. The molecule has 27 heavy (non-hydrogen) atoms. The van der Waals surface area contributed by atoms with E-state index in [9.17, 15) is 14.6 Å². The minimum atomic E-state index is -3.55. The third-order valence-electron chi connectivity index (χ3n) is 4.00. The van der Waals surface area contributed by atoms with Gasteiger partial charge in [0, 0.05) is 24.3 Å². The van der Waals surface area contributed by atoms with Crippen molar-refractivity contribution in [3.8, 4) is 11.5 Å². The summed E-state index contributed by atoms with van der Waals surface area (Å²) in [5, 5.41) is 13.8. The maximum Gasteiger partial charge on any atom is 0.207 e. The Morgan fingerprint density at radius 1 is 1.07 bits per heavy atom. The van der Waals surface area contributed by atoms with Gasteiger partial charge in [0.05, 0.1) is 26.5 Å². The lowest BCUT2D eigenvalue weighted by Gasteiger charge is -2.17. The second-order valence-corrected chi connectivity index (χ2v) is 9.10. The molecular weight excluding hydrogens is 389 g/mol. The fraction of sp³-hybridized carbons (Fsp3) is 0.368. The molecule has 0 aliphatic rings. The molecule has 1 unspecified atom stereocenters. The van der Waals surface area contributed by atoms with Gasteiger partial charge in [0.15, 0.2) is 11.5 Å². The number of hydrogen-bond acceptors (Lipinski definition) is 5. The van der Waals surface area contributed by atoms with Crippen LogP contribution in [0.2, 0.25) is 5.02 Å². The fourth-order valence-corrected chi connectivity index (χ4v) is 4.52. The number of aliphatic hydroxyl groups is 1. The molecule has 0 spiro atoms. The van der Waals surface area contributed by atoms with Crippen LogP contribution >= 0.6 is 19.0 Å². The first-order valence-electron chi connectivity index (χ1n) is 8.48. The second-order valence-electron chi connectivity index (χ2n) is 6.29. The van der Waals surface area contributed by atoms with E-state index in [2.05, 4.69) is 5.32 Å². The molecule has 6 nitrogen and oxygen atoms in total. The van der Waals surface area contributed by atoms with Crippen LogP contribution in [-0.4, -0.2) is 43.0 Å². The van der Waals surface area contributed by atoms with Gasteiger partial charge < -0.3 is 24.8 Å². The highest BCUT2D eigenvalue weighted by atomic mass is 35.5. The van der Waals surface area contributed by atoms with Crippen molar-refractivity contribution in [1.29, 1.82) is 0 Å². The van der Waals surface area contributed by atoms with E-state index in [1.54, 1.807) is 30.3 Å². The van der Waals surface area contributed by atoms with Gasteiger partial charge in [0.25, 0.3) is 0 Å². The van der Waals surface area contributed by atoms with Crippen molar-refractivity contribution in [2.75, 3.05) is 26.9 Å². The number of hydrogen-bond donors (Lipinski definition) is 3. The smallest absolute Gasteiger partial charge is 0.207 e. The van der Waals surface area contributed by atoms with Crippen LogP contribution in [0, 0.1) is 0 Å². The molecular formula is C19H25ClNO5P. The number of ether oxygens (including phenoxy) is 2. The quantitative estimate of drug-likeness (QED) is 0.518. The molecule has 0 fully saturated rings. The van der Waals surface area contributed by atoms with Crippen LogP contribution in [0.15, 0.2) is 42.5 Å². The van der Waals surface area contributed by atoms with Crippen LogP contribution in [0.3, 0.4) is 0 Å². The van der Waals surface area contributed by atoms with Crippen LogP contribution in [0.25, 0.3) is 0 Å². The first-order chi connectivity index (χ1) is 12.8. The van der Waals surface area contributed by atoms with Gasteiger partial charge in [-0.15, -0.1) is 0 Å². The standard InChI is InChI=1S/C19H25ClNO5P/c1-25-18-8-5-15(9-19(18)26-2)12-27(23,24)13-17(22)11-21-10-14-3-6-16(20)7-4-14/h3-9,17,21-22H,10-13H2,1-2H3,(H,23,24)/t17-/m0/s1. The van der Waals surface area contributed by atoms with E-state index < -0.39 is 13.5 Å². The summed E-state index contributed by atoms with van der Waals surface area (Å²) in [6.45, 7) is 0.763. The summed E-state index contributed by atoms with van der Waals surface area (Å²) in [6.07, 6.45) is -1.15. The van der Waals surface area contributed by atoms with Crippen LogP contribution in [0.5, 0.6) is 11.5 Å². The molecule has 2 aromatic carbocycles. The molecule has 0 bridgehead atoms. The lowest BCUT2D eigenvalue weighted by atomic mass is 10.2. The van der Waals surface area contributed by atoms with Gasteiger partial charge in [0.1, 0.15) is 0 Å². The molecule has 3 N–H and O–H groups in total. The van der Waals surface area contributed by atoms with Crippen molar-refractivity contribution in [2.24, 2.45) is 0 Å². The summed E-state index contributed by atoms with van der Waals surface area (Å²) in [7, 11) is -0.507. The Morgan fingerprint density at radius 2 is 1.70 bits per heavy atom. The van der Waals surface area contributed by atoms with Gasteiger partial charge in [0.2, 0.25) is 7.37 Å². The van der Waals surface area contributed by atoms with Crippen molar-refractivity contribution in [3.63, 3.8) is 0 Å². The first-order valence-corrected chi connectivity index (χ1v) is 10.9. The third-order valence-corrected chi connectivity index (χ3v) is 6.10. The predicted molar refractivity (Wildman–Crippen MR) is 107 cm³/mol. The van der Waals surface area contributed by atoms with Crippen molar-refractivity contribution in [2.45, 2.75) is 18.8 Å². The average molecular weight is 414 g/mol. The monoisotopic (exact) mass is 413 g/mol. The summed E-state index contributed by atoms with van der Waals surface area (Å²) < 4.78 is 22.9. The topological polar surface area (TPSA) is 88.0 Å².